The molecule has 0 fully saturated rings. The Morgan fingerprint density at radius 2 is 2.05 bits per heavy atom. The van der Waals surface area contributed by atoms with E-state index >= 15 is 0 Å². The summed E-state index contributed by atoms with van der Waals surface area (Å²) >= 11 is 0. The smallest absolute Gasteiger partial charge is 0.240 e. The Kier molecular flexibility index (Phi) is 6.31. The van der Waals surface area contributed by atoms with E-state index < -0.39 is 10.0 Å². The van der Waals surface area contributed by atoms with Crippen molar-refractivity contribution in [2.24, 2.45) is 5.11 Å². The maximum absolute atomic E-state index is 11.9. The first-order valence-electron chi connectivity index (χ1n) is 5.82. The number of nitrogens with one attached hydrogen (secondary N) is 1. The second-order valence-electron chi connectivity index (χ2n) is 3.63. The van der Waals surface area contributed by atoms with E-state index in [0.717, 1.165) is 0 Å². The number of ether oxygens (including phenoxy) is 1. The molecule has 0 heterocycles. The van der Waals surface area contributed by atoms with Crippen molar-refractivity contribution in [1.82, 2.24) is 4.72 Å². The molecule has 0 bridgehead atoms. The second-order valence-corrected chi connectivity index (χ2v) is 5.40. The summed E-state index contributed by atoms with van der Waals surface area (Å²) in [5.41, 5.74) is 8.62. The molecule has 0 atom stereocenters. The monoisotopic (exact) mass is 284 g/mol. The quantitative estimate of drug-likeness (QED) is 0.343. The molecule has 0 saturated heterocycles. The Labute approximate surface area is 112 Å². The zero-order chi connectivity index (χ0) is 14.1. The first kappa shape index (κ1) is 15.5. The first-order valence-corrected chi connectivity index (χ1v) is 7.31. The van der Waals surface area contributed by atoms with Gasteiger partial charge in [0.2, 0.25) is 10.0 Å². The fourth-order valence-electron chi connectivity index (χ4n) is 1.35. The third-order valence-electron chi connectivity index (χ3n) is 2.27. The van der Waals surface area contributed by atoms with Crippen LogP contribution in [-0.2, 0) is 14.8 Å². The van der Waals surface area contributed by atoms with Crippen LogP contribution >= 0.6 is 0 Å². The molecule has 0 aliphatic rings. The fraction of sp³-hybridized carbons (Fsp3) is 0.455. The van der Waals surface area contributed by atoms with Crippen molar-refractivity contribution in [3.8, 4) is 0 Å². The third-order valence-corrected chi connectivity index (χ3v) is 3.75. The molecular formula is C11H16N4O3S. The van der Waals surface area contributed by atoms with Gasteiger partial charge in [0.15, 0.2) is 0 Å². The van der Waals surface area contributed by atoms with Crippen molar-refractivity contribution in [2.75, 3.05) is 19.8 Å². The highest BCUT2D eigenvalue weighted by Gasteiger charge is 2.12. The van der Waals surface area contributed by atoms with Crippen LogP contribution < -0.4 is 4.72 Å². The second kappa shape index (κ2) is 7.75. The highest BCUT2D eigenvalue weighted by Crippen LogP contribution is 2.16. The van der Waals surface area contributed by atoms with Gasteiger partial charge in [0.05, 0.1) is 4.90 Å². The molecule has 1 aromatic rings. The predicted molar refractivity (Wildman–Crippen MR) is 71.5 cm³/mol. The number of sulfonamides is 1. The Balaban J connectivity index is 2.59. The lowest BCUT2D eigenvalue weighted by Gasteiger charge is -2.06. The molecule has 104 valence electrons. The van der Waals surface area contributed by atoms with Gasteiger partial charge in [0.1, 0.15) is 0 Å². The van der Waals surface area contributed by atoms with Crippen LogP contribution in [0.5, 0.6) is 0 Å². The van der Waals surface area contributed by atoms with Gasteiger partial charge >= 0.3 is 0 Å². The topological polar surface area (TPSA) is 104 Å². The minimum Gasteiger partial charge on any atom is -0.382 e. The van der Waals surface area contributed by atoms with Gasteiger partial charge in [0, 0.05) is 30.4 Å². The van der Waals surface area contributed by atoms with E-state index in [1.165, 1.54) is 24.3 Å². The van der Waals surface area contributed by atoms with E-state index in [4.69, 9.17) is 10.3 Å². The minimum atomic E-state index is -3.52. The normalized spacial score (nSPS) is 11.0. The summed E-state index contributed by atoms with van der Waals surface area (Å²) in [6.07, 6.45) is 0.615. The van der Waals surface area contributed by atoms with Crippen LogP contribution in [0, 0.1) is 0 Å². The summed E-state index contributed by atoms with van der Waals surface area (Å²) in [6.45, 7) is 3.35. The van der Waals surface area contributed by atoms with Gasteiger partial charge in [-0.05, 0) is 31.0 Å². The van der Waals surface area contributed by atoms with Gasteiger partial charge in [-0.1, -0.05) is 17.2 Å². The third kappa shape index (κ3) is 5.27. The average molecular weight is 284 g/mol. The molecule has 0 unspecified atom stereocenters. The van der Waals surface area contributed by atoms with Gasteiger partial charge in [0.25, 0.3) is 0 Å². The maximum atomic E-state index is 11.9. The zero-order valence-electron chi connectivity index (χ0n) is 10.6. The van der Waals surface area contributed by atoms with E-state index in [1.807, 2.05) is 6.92 Å². The maximum Gasteiger partial charge on any atom is 0.240 e. The predicted octanol–water partition coefficient (Wildman–Crippen LogP) is 2.33. The highest BCUT2D eigenvalue weighted by atomic mass is 32.2. The molecule has 0 amide bonds. The molecular weight excluding hydrogens is 268 g/mol. The lowest BCUT2D eigenvalue weighted by molar-refractivity contribution is 0.146. The molecule has 0 spiro atoms. The van der Waals surface area contributed by atoms with Crippen LogP contribution in [0.3, 0.4) is 0 Å². The number of benzene rings is 1. The van der Waals surface area contributed by atoms with E-state index in [9.17, 15) is 8.42 Å². The van der Waals surface area contributed by atoms with Crippen molar-refractivity contribution in [2.45, 2.75) is 18.2 Å². The SMILES string of the molecule is CCOCCCNS(=O)(=O)c1ccc(N=[N+]=[N-])cc1. The van der Waals surface area contributed by atoms with Crippen molar-refractivity contribution in [1.29, 1.82) is 0 Å². The number of hydrogen-bond donors (Lipinski definition) is 1. The molecule has 1 aromatic carbocycles. The number of azide groups is 1. The van der Waals surface area contributed by atoms with E-state index in [0.29, 0.717) is 31.9 Å². The fourth-order valence-corrected chi connectivity index (χ4v) is 2.43. The molecule has 1 rings (SSSR count). The van der Waals surface area contributed by atoms with E-state index in [2.05, 4.69) is 14.7 Å². The number of rotatable bonds is 8. The van der Waals surface area contributed by atoms with E-state index in [1.54, 1.807) is 0 Å². The zero-order valence-corrected chi connectivity index (χ0v) is 11.4. The summed E-state index contributed by atoms with van der Waals surface area (Å²) in [5, 5.41) is 3.37. The number of nitrogens with zero attached hydrogens (tertiary/aromatic N) is 3. The van der Waals surface area contributed by atoms with Crippen LogP contribution in [0.15, 0.2) is 34.3 Å². The molecule has 7 nitrogen and oxygen atoms in total. The van der Waals surface area contributed by atoms with Gasteiger partial charge in [-0.25, -0.2) is 13.1 Å². The largest absolute Gasteiger partial charge is 0.382 e. The van der Waals surface area contributed by atoms with Gasteiger partial charge < -0.3 is 4.74 Å². The van der Waals surface area contributed by atoms with Crippen molar-refractivity contribution in [3.05, 3.63) is 34.7 Å². The molecule has 0 aromatic heterocycles. The van der Waals surface area contributed by atoms with Crippen LogP contribution in [0.2, 0.25) is 0 Å². The molecule has 0 aliphatic heterocycles. The Morgan fingerprint density at radius 1 is 1.37 bits per heavy atom. The lowest BCUT2D eigenvalue weighted by Crippen LogP contribution is -2.25. The highest BCUT2D eigenvalue weighted by molar-refractivity contribution is 7.89. The van der Waals surface area contributed by atoms with Gasteiger partial charge in [-0.3, -0.25) is 0 Å². The molecule has 0 radical (unpaired) electrons. The van der Waals surface area contributed by atoms with Crippen molar-refractivity contribution in [3.63, 3.8) is 0 Å². The number of hydrogen-bond acceptors (Lipinski definition) is 4. The molecule has 1 N–H and O–H groups in total. The molecule has 0 saturated carbocycles. The summed E-state index contributed by atoms with van der Waals surface area (Å²) in [7, 11) is -3.52. The first-order chi connectivity index (χ1) is 9.10. The summed E-state index contributed by atoms with van der Waals surface area (Å²) in [5.74, 6) is 0. The molecule has 0 aliphatic carbocycles. The molecule has 19 heavy (non-hydrogen) atoms. The standard InChI is InChI=1S/C11H16N4O3S/c1-2-18-9-3-8-13-19(16,17)11-6-4-10(5-7-11)14-15-12/h4-7,13H,2-3,8-9H2,1H3. The Hall–Kier alpha value is -1.60. The Bertz CT molecular complexity index is 536. The van der Waals surface area contributed by atoms with Gasteiger partial charge in [-0.2, -0.15) is 0 Å². The lowest BCUT2D eigenvalue weighted by atomic mass is 10.3. The molecule has 8 heteroatoms. The summed E-state index contributed by atoms with van der Waals surface area (Å²) in [6, 6.07) is 5.70. The summed E-state index contributed by atoms with van der Waals surface area (Å²) in [4.78, 5) is 2.76. The van der Waals surface area contributed by atoms with Crippen LogP contribution in [0.1, 0.15) is 13.3 Å². The van der Waals surface area contributed by atoms with Gasteiger partial charge in [-0.15, -0.1) is 0 Å². The Morgan fingerprint density at radius 3 is 2.63 bits per heavy atom. The summed E-state index contributed by atoms with van der Waals surface area (Å²) < 4.78 is 31.3. The van der Waals surface area contributed by atoms with Crippen LogP contribution in [0.4, 0.5) is 5.69 Å². The van der Waals surface area contributed by atoms with Crippen molar-refractivity contribution < 1.29 is 13.2 Å². The van der Waals surface area contributed by atoms with Crippen LogP contribution in [-0.4, -0.2) is 28.2 Å². The van der Waals surface area contributed by atoms with E-state index in [-0.39, 0.29) is 4.90 Å². The minimum absolute atomic E-state index is 0.140. The van der Waals surface area contributed by atoms with Crippen molar-refractivity contribution >= 4 is 15.7 Å². The average Bonchev–Trinajstić information content (AvgIpc) is 2.39. The van der Waals surface area contributed by atoms with Crippen LogP contribution in [0.25, 0.3) is 10.4 Å².